The minimum atomic E-state index is -0.198. The van der Waals surface area contributed by atoms with E-state index in [-0.39, 0.29) is 5.97 Å². The molecule has 0 saturated heterocycles. The van der Waals surface area contributed by atoms with Crippen LogP contribution >= 0.6 is 0 Å². The largest absolute Gasteiger partial charge is 0.469 e. The Balaban J connectivity index is 2.75. The Hall–Kier alpha value is -1.25. The van der Waals surface area contributed by atoms with Gasteiger partial charge in [0.15, 0.2) is 0 Å². The predicted octanol–water partition coefficient (Wildman–Crippen LogP) is 1.05. The van der Waals surface area contributed by atoms with Crippen LogP contribution in [0.2, 0.25) is 0 Å². The van der Waals surface area contributed by atoms with E-state index in [1.807, 2.05) is 30.8 Å². The van der Waals surface area contributed by atoms with Gasteiger partial charge in [0.05, 0.1) is 13.5 Å². The molecule has 0 N–H and O–H groups in total. The van der Waals surface area contributed by atoms with Crippen LogP contribution in [0.25, 0.3) is 0 Å². The molecule has 1 aromatic heterocycles. The summed E-state index contributed by atoms with van der Waals surface area (Å²) in [6.45, 7) is 2.00. The number of hydrogen-bond acceptors (Lipinski definition) is 2. The molecule has 3 nitrogen and oxygen atoms in total. The van der Waals surface area contributed by atoms with Crippen LogP contribution in [0.3, 0.4) is 0 Å². The second-order valence-electron chi connectivity index (χ2n) is 2.87. The number of esters is 1. The highest BCUT2D eigenvalue weighted by atomic mass is 16.5. The Kier molecular flexibility index (Phi) is 2.53. The van der Waals surface area contributed by atoms with Crippen LogP contribution in [0.5, 0.6) is 0 Å². The monoisotopic (exact) mass is 167 g/mol. The molecule has 0 saturated carbocycles. The molecular formula is C9H13NO2. The van der Waals surface area contributed by atoms with Gasteiger partial charge in [0, 0.05) is 18.9 Å². The minimum absolute atomic E-state index is 0.198. The van der Waals surface area contributed by atoms with E-state index < -0.39 is 0 Å². The topological polar surface area (TPSA) is 31.2 Å². The van der Waals surface area contributed by atoms with Crippen LogP contribution in [0, 0.1) is 6.92 Å². The van der Waals surface area contributed by atoms with Crippen molar-refractivity contribution < 1.29 is 9.53 Å². The van der Waals surface area contributed by atoms with Crippen LogP contribution in [0.15, 0.2) is 12.3 Å². The van der Waals surface area contributed by atoms with Gasteiger partial charge in [0.2, 0.25) is 0 Å². The van der Waals surface area contributed by atoms with E-state index in [0.29, 0.717) is 6.42 Å². The summed E-state index contributed by atoms with van der Waals surface area (Å²) < 4.78 is 6.50. The molecule has 0 aromatic carbocycles. The molecule has 0 aliphatic heterocycles. The zero-order chi connectivity index (χ0) is 9.14. The fraction of sp³-hybridized carbons (Fsp3) is 0.444. The summed E-state index contributed by atoms with van der Waals surface area (Å²) in [4.78, 5) is 10.9. The fourth-order valence-corrected chi connectivity index (χ4v) is 1.19. The van der Waals surface area contributed by atoms with E-state index in [2.05, 4.69) is 4.74 Å². The number of rotatable bonds is 2. The van der Waals surface area contributed by atoms with Gasteiger partial charge in [0.1, 0.15) is 0 Å². The SMILES string of the molecule is COC(=O)Cc1cc(C)cn1C. The van der Waals surface area contributed by atoms with Gasteiger partial charge in [-0.1, -0.05) is 0 Å². The van der Waals surface area contributed by atoms with Crippen LogP contribution in [-0.2, 0) is 23.0 Å². The number of aryl methyl sites for hydroxylation is 2. The van der Waals surface area contributed by atoms with Gasteiger partial charge in [-0.25, -0.2) is 0 Å². The summed E-state index contributed by atoms with van der Waals surface area (Å²) >= 11 is 0. The van der Waals surface area contributed by atoms with Crippen molar-refractivity contribution in [1.29, 1.82) is 0 Å². The smallest absolute Gasteiger partial charge is 0.311 e. The lowest BCUT2D eigenvalue weighted by Gasteiger charge is -2.00. The molecule has 12 heavy (non-hydrogen) atoms. The van der Waals surface area contributed by atoms with Gasteiger partial charge < -0.3 is 9.30 Å². The number of aromatic nitrogens is 1. The lowest BCUT2D eigenvalue weighted by molar-refractivity contribution is -0.139. The quantitative estimate of drug-likeness (QED) is 0.616. The summed E-state index contributed by atoms with van der Waals surface area (Å²) in [5, 5.41) is 0. The van der Waals surface area contributed by atoms with Crippen LogP contribution in [0.4, 0.5) is 0 Å². The minimum Gasteiger partial charge on any atom is -0.469 e. The molecule has 0 aliphatic carbocycles. The molecule has 1 rings (SSSR count). The number of methoxy groups -OCH3 is 1. The number of ether oxygens (including phenoxy) is 1. The highest BCUT2D eigenvalue weighted by Crippen LogP contribution is 2.06. The number of nitrogens with zero attached hydrogens (tertiary/aromatic N) is 1. The summed E-state index contributed by atoms with van der Waals surface area (Å²) in [5.74, 6) is -0.198. The van der Waals surface area contributed by atoms with Gasteiger partial charge in [-0.3, -0.25) is 4.79 Å². The number of carbonyl (C=O) groups excluding carboxylic acids is 1. The van der Waals surface area contributed by atoms with Crippen molar-refractivity contribution in [3.8, 4) is 0 Å². The highest BCUT2D eigenvalue weighted by molar-refractivity contribution is 5.71. The second-order valence-corrected chi connectivity index (χ2v) is 2.87. The maximum absolute atomic E-state index is 10.9. The van der Waals surface area contributed by atoms with Crippen molar-refractivity contribution >= 4 is 5.97 Å². The average molecular weight is 167 g/mol. The Labute approximate surface area is 72.0 Å². The summed E-state index contributed by atoms with van der Waals surface area (Å²) in [5.41, 5.74) is 2.15. The van der Waals surface area contributed by atoms with Crippen molar-refractivity contribution in [3.05, 3.63) is 23.5 Å². The first-order chi connectivity index (χ1) is 5.63. The molecular weight excluding hydrogens is 154 g/mol. The lowest BCUT2D eigenvalue weighted by Crippen LogP contribution is -2.07. The fourth-order valence-electron chi connectivity index (χ4n) is 1.19. The molecule has 0 spiro atoms. The zero-order valence-electron chi connectivity index (χ0n) is 7.63. The molecule has 0 bridgehead atoms. The molecule has 0 radical (unpaired) electrons. The van der Waals surface area contributed by atoms with Gasteiger partial charge >= 0.3 is 5.97 Å². The van der Waals surface area contributed by atoms with Gasteiger partial charge in [-0.15, -0.1) is 0 Å². The van der Waals surface area contributed by atoms with Crippen molar-refractivity contribution in [2.75, 3.05) is 7.11 Å². The Morgan fingerprint density at radius 3 is 2.75 bits per heavy atom. The number of hydrogen-bond donors (Lipinski definition) is 0. The van der Waals surface area contributed by atoms with Crippen molar-refractivity contribution in [2.45, 2.75) is 13.3 Å². The predicted molar refractivity (Wildman–Crippen MR) is 45.9 cm³/mol. The zero-order valence-corrected chi connectivity index (χ0v) is 7.63. The first-order valence-electron chi connectivity index (χ1n) is 3.82. The summed E-state index contributed by atoms with van der Waals surface area (Å²) in [7, 11) is 3.32. The van der Waals surface area contributed by atoms with E-state index in [0.717, 1.165) is 11.3 Å². The third kappa shape index (κ3) is 1.87. The standard InChI is InChI=1S/C9H13NO2/c1-7-4-8(10(2)6-7)5-9(11)12-3/h4,6H,5H2,1-3H3. The van der Waals surface area contributed by atoms with Crippen LogP contribution < -0.4 is 0 Å². The molecule has 66 valence electrons. The molecule has 0 unspecified atom stereocenters. The van der Waals surface area contributed by atoms with Crippen molar-refractivity contribution in [2.24, 2.45) is 7.05 Å². The Morgan fingerprint density at radius 1 is 1.67 bits per heavy atom. The van der Waals surface area contributed by atoms with Crippen molar-refractivity contribution in [1.82, 2.24) is 4.57 Å². The van der Waals surface area contributed by atoms with Gasteiger partial charge in [-0.05, 0) is 18.6 Å². The van der Waals surface area contributed by atoms with Gasteiger partial charge in [-0.2, -0.15) is 0 Å². The molecule has 0 fully saturated rings. The third-order valence-corrected chi connectivity index (χ3v) is 1.80. The van der Waals surface area contributed by atoms with E-state index in [1.165, 1.54) is 7.11 Å². The van der Waals surface area contributed by atoms with Crippen molar-refractivity contribution in [3.63, 3.8) is 0 Å². The molecule has 3 heteroatoms. The molecule has 0 atom stereocenters. The van der Waals surface area contributed by atoms with E-state index in [4.69, 9.17) is 0 Å². The highest BCUT2D eigenvalue weighted by Gasteiger charge is 2.06. The summed E-state index contributed by atoms with van der Waals surface area (Å²) in [6.07, 6.45) is 2.33. The molecule has 1 aromatic rings. The van der Waals surface area contributed by atoms with Gasteiger partial charge in [0.25, 0.3) is 0 Å². The normalized spacial score (nSPS) is 9.92. The second kappa shape index (κ2) is 3.43. The summed E-state index contributed by atoms with van der Waals surface area (Å²) in [6, 6.07) is 1.98. The molecule has 0 aliphatic rings. The Bertz CT molecular complexity index is 289. The van der Waals surface area contributed by atoms with E-state index in [9.17, 15) is 4.79 Å². The van der Waals surface area contributed by atoms with Crippen LogP contribution in [0.1, 0.15) is 11.3 Å². The molecule has 1 heterocycles. The first-order valence-corrected chi connectivity index (χ1v) is 3.82. The van der Waals surface area contributed by atoms with E-state index in [1.54, 1.807) is 0 Å². The lowest BCUT2D eigenvalue weighted by atomic mass is 10.3. The van der Waals surface area contributed by atoms with E-state index >= 15 is 0 Å². The maximum atomic E-state index is 10.9. The third-order valence-electron chi connectivity index (χ3n) is 1.80. The van der Waals surface area contributed by atoms with Crippen LogP contribution in [-0.4, -0.2) is 17.6 Å². The average Bonchev–Trinajstić information content (AvgIpc) is 2.30. The maximum Gasteiger partial charge on any atom is 0.311 e. The Morgan fingerprint density at radius 2 is 2.33 bits per heavy atom. The first kappa shape index (κ1) is 8.84. The number of carbonyl (C=O) groups is 1. The molecule has 0 amide bonds.